The highest BCUT2D eigenvalue weighted by Crippen LogP contribution is 2.15. The third kappa shape index (κ3) is 6.91. The molecule has 1 rings (SSSR count). The SMILES string of the molecule is CC(C)C[C@H](N)C(=O)N[C@H](C=O)CC(Cc1ccccc1)C(=O)O. The number of nitrogens with one attached hydrogen (secondary N) is 1. The number of hydrogen-bond donors (Lipinski definition) is 3. The smallest absolute Gasteiger partial charge is 0.306 e. The summed E-state index contributed by atoms with van der Waals surface area (Å²) in [6, 6.07) is 7.62. The van der Waals surface area contributed by atoms with Crippen LogP contribution in [0.1, 0.15) is 32.3 Å². The summed E-state index contributed by atoms with van der Waals surface area (Å²) in [6.07, 6.45) is 1.41. The topological polar surface area (TPSA) is 109 Å². The third-order valence-corrected chi connectivity index (χ3v) is 3.77. The number of aldehydes is 1. The summed E-state index contributed by atoms with van der Waals surface area (Å²) in [5, 5.41) is 11.9. The third-order valence-electron chi connectivity index (χ3n) is 3.77. The number of nitrogens with two attached hydrogens (primary N) is 1. The van der Waals surface area contributed by atoms with Crippen LogP contribution in [0.15, 0.2) is 30.3 Å². The highest BCUT2D eigenvalue weighted by molar-refractivity contribution is 5.84. The summed E-state index contributed by atoms with van der Waals surface area (Å²) in [5.41, 5.74) is 6.66. The first kappa shape index (κ1) is 19.8. The Morgan fingerprint density at radius 2 is 1.83 bits per heavy atom. The summed E-state index contributed by atoms with van der Waals surface area (Å²) in [5.74, 6) is -1.93. The zero-order chi connectivity index (χ0) is 18.1. The summed E-state index contributed by atoms with van der Waals surface area (Å²) in [4.78, 5) is 34.7. The van der Waals surface area contributed by atoms with Gasteiger partial charge in [0.1, 0.15) is 6.29 Å². The van der Waals surface area contributed by atoms with Crippen LogP contribution in [0, 0.1) is 11.8 Å². The predicted octanol–water partition coefficient (Wildman–Crippen LogP) is 1.38. The van der Waals surface area contributed by atoms with E-state index in [4.69, 9.17) is 5.73 Å². The van der Waals surface area contributed by atoms with Crippen LogP contribution in [0.5, 0.6) is 0 Å². The summed E-state index contributed by atoms with van der Waals surface area (Å²) in [6.45, 7) is 3.90. The van der Waals surface area contributed by atoms with Gasteiger partial charge in [-0.15, -0.1) is 0 Å². The number of aliphatic carboxylic acids is 1. The number of rotatable bonds is 10. The van der Waals surface area contributed by atoms with Gasteiger partial charge in [-0.2, -0.15) is 0 Å². The Balaban J connectivity index is 2.67. The molecule has 0 aliphatic rings. The van der Waals surface area contributed by atoms with E-state index in [1.54, 1.807) is 0 Å². The van der Waals surface area contributed by atoms with Crippen molar-refractivity contribution < 1.29 is 19.5 Å². The first-order valence-corrected chi connectivity index (χ1v) is 8.11. The Hall–Kier alpha value is -2.21. The van der Waals surface area contributed by atoms with Crippen molar-refractivity contribution in [2.45, 2.75) is 45.2 Å². The van der Waals surface area contributed by atoms with Gasteiger partial charge < -0.3 is 21.0 Å². The van der Waals surface area contributed by atoms with Crippen LogP contribution in [0.2, 0.25) is 0 Å². The first-order valence-electron chi connectivity index (χ1n) is 8.11. The molecule has 0 aromatic heterocycles. The maximum Gasteiger partial charge on any atom is 0.306 e. The number of carbonyl (C=O) groups excluding carboxylic acids is 2. The number of carboxylic acids is 1. The molecular formula is C18H26N2O4. The second kappa shape index (κ2) is 9.82. The molecule has 0 aliphatic heterocycles. The van der Waals surface area contributed by atoms with Crippen molar-refractivity contribution >= 4 is 18.2 Å². The van der Waals surface area contributed by atoms with E-state index in [1.165, 1.54) is 0 Å². The molecule has 6 heteroatoms. The Kier molecular flexibility index (Phi) is 8.12. The van der Waals surface area contributed by atoms with Gasteiger partial charge in [0.25, 0.3) is 0 Å². The molecule has 4 N–H and O–H groups in total. The lowest BCUT2D eigenvalue weighted by molar-refractivity contribution is -0.142. The van der Waals surface area contributed by atoms with Gasteiger partial charge in [0.2, 0.25) is 5.91 Å². The van der Waals surface area contributed by atoms with Gasteiger partial charge >= 0.3 is 5.97 Å². The molecule has 0 heterocycles. The van der Waals surface area contributed by atoms with Crippen molar-refractivity contribution in [2.75, 3.05) is 0 Å². The zero-order valence-electron chi connectivity index (χ0n) is 14.1. The molecule has 6 nitrogen and oxygen atoms in total. The molecule has 132 valence electrons. The maximum absolute atomic E-state index is 12.0. The number of benzene rings is 1. The largest absolute Gasteiger partial charge is 0.481 e. The molecule has 0 fully saturated rings. The molecule has 0 aliphatic carbocycles. The molecule has 1 amide bonds. The van der Waals surface area contributed by atoms with Gasteiger partial charge in [-0.05, 0) is 30.7 Å². The standard InChI is InChI=1S/C18H26N2O4/c1-12(2)8-16(19)17(22)20-15(11-21)10-14(18(23)24)9-13-6-4-3-5-7-13/h3-7,11-12,14-16H,8-10,19H2,1-2H3,(H,20,22)(H,23,24)/t14?,15-,16-/m0/s1. The minimum atomic E-state index is -0.994. The van der Waals surface area contributed by atoms with Gasteiger partial charge in [0.05, 0.1) is 18.0 Å². The van der Waals surface area contributed by atoms with Crippen molar-refractivity contribution in [3.05, 3.63) is 35.9 Å². The monoisotopic (exact) mass is 334 g/mol. The first-order chi connectivity index (χ1) is 11.3. The van der Waals surface area contributed by atoms with Gasteiger partial charge in [-0.25, -0.2) is 0 Å². The molecule has 0 bridgehead atoms. The highest BCUT2D eigenvalue weighted by Gasteiger charge is 2.25. The molecule has 1 aromatic rings. The van der Waals surface area contributed by atoms with E-state index in [1.807, 2.05) is 44.2 Å². The molecule has 1 aromatic carbocycles. The summed E-state index contributed by atoms with van der Waals surface area (Å²) in [7, 11) is 0. The van der Waals surface area contributed by atoms with Gasteiger partial charge in [0.15, 0.2) is 0 Å². The van der Waals surface area contributed by atoms with Crippen molar-refractivity contribution in [1.82, 2.24) is 5.32 Å². The van der Waals surface area contributed by atoms with E-state index in [0.717, 1.165) is 5.56 Å². The van der Waals surface area contributed by atoms with Crippen LogP contribution in [0.25, 0.3) is 0 Å². The van der Waals surface area contributed by atoms with Crippen LogP contribution in [-0.4, -0.2) is 35.4 Å². The predicted molar refractivity (Wildman–Crippen MR) is 91.3 cm³/mol. The van der Waals surface area contributed by atoms with Crippen LogP contribution in [0.3, 0.4) is 0 Å². The second-order valence-electron chi connectivity index (χ2n) is 6.45. The van der Waals surface area contributed by atoms with E-state index in [0.29, 0.717) is 19.1 Å². The van der Waals surface area contributed by atoms with Gasteiger partial charge in [-0.3, -0.25) is 9.59 Å². The molecule has 0 saturated carbocycles. The average molecular weight is 334 g/mol. The Morgan fingerprint density at radius 3 is 2.33 bits per heavy atom. The highest BCUT2D eigenvalue weighted by atomic mass is 16.4. The summed E-state index contributed by atoms with van der Waals surface area (Å²) < 4.78 is 0. The lowest BCUT2D eigenvalue weighted by Crippen LogP contribution is -2.47. The average Bonchev–Trinajstić information content (AvgIpc) is 2.53. The van der Waals surface area contributed by atoms with E-state index in [9.17, 15) is 19.5 Å². The van der Waals surface area contributed by atoms with E-state index in [-0.39, 0.29) is 12.3 Å². The molecule has 0 spiro atoms. The Bertz CT molecular complexity index is 545. The van der Waals surface area contributed by atoms with Gasteiger partial charge in [0, 0.05) is 0 Å². The van der Waals surface area contributed by atoms with E-state index >= 15 is 0 Å². The van der Waals surface area contributed by atoms with Crippen molar-refractivity contribution in [1.29, 1.82) is 0 Å². The van der Waals surface area contributed by atoms with Crippen LogP contribution >= 0.6 is 0 Å². The van der Waals surface area contributed by atoms with Crippen molar-refractivity contribution in [2.24, 2.45) is 17.6 Å². The normalized spacial score (nSPS) is 14.7. The number of carboxylic acid groups (broad SMARTS) is 1. The molecule has 0 radical (unpaired) electrons. The fraction of sp³-hybridized carbons (Fsp3) is 0.500. The van der Waals surface area contributed by atoms with Crippen LogP contribution < -0.4 is 11.1 Å². The number of carbonyl (C=O) groups is 3. The fourth-order valence-corrected chi connectivity index (χ4v) is 2.53. The Labute approximate surface area is 142 Å². The number of amides is 1. The molecule has 24 heavy (non-hydrogen) atoms. The minimum Gasteiger partial charge on any atom is -0.481 e. The van der Waals surface area contributed by atoms with Gasteiger partial charge in [-0.1, -0.05) is 44.2 Å². The van der Waals surface area contributed by atoms with Crippen LogP contribution in [0.4, 0.5) is 0 Å². The van der Waals surface area contributed by atoms with E-state index in [2.05, 4.69) is 5.32 Å². The van der Waals surface area contributed by atoms with Crippen LogP contribution in [-0.2, 0) is 20.8 Å². The maximum atomic E-state index is 12.0. The zero-order valence-corrected chi connectivity index (χ0v) is 14.1. The fourth-order valence-electron chi connectivity index (χ4n) is 2.53. The van der Waals surface area contributed by atoms with Crippen molar-refractivity contribution in [3.8, 4) is 0 Å². The lowest BCUT2D eigenvalue weighted by atomic mass is 9.93. The summed E-state index contributed by atoms with van der Waals surface area (Å²) >= 11 is 0. The van der Waals surface area contributed by atoms with E-state index < -0.39 is 29.9 Å². The minimum absolute atomic E-state index is 0.0356. The quantitative estimate of drug-likeness (QED) is 0.560. The lowest BCUT2D eigenvalue weighted by Gasteiger charge is -2.20. The second-order valence-corrected chi connectivity index (χ2v) is 6.45. The van der Waals surface area contributed by atoms with Crippen molar-refractivity contribution in [3.63, 3.8) is 0 Å². The molecular weight excluding hydrogens is 308 g/mol. The molecule has 1 unspecified atom stereocenters. The Morgan fingerprint density at radius 1 is 1.21 bits per heavy atom. The molecule has 0 saturated heterocycles. The molecule has 3 atom stereocenters. The number of hydrogen-bond acceptors (Lipinski definition) is 4.